The van der Waals surface area contributed by atoms with E-state index in [0.717, 1.165) is 49.5 Å². The third kappa shape index (κ3) is 1.96. The van der Waals surface area contributed by atoms with E-state index in [1.165, 1.54) is 32.1 Å². The van der Waals surface area contributed by atoms with Crippen LogP contribution in [0.2, 0.25) is 0 Å². The van der Waals surface area contributed by atoms with Gasteiger partial charge in [-0.2, -0.15) is 0 Å². The zero-order valence-electron chi connectivity index (χ0n) is 15.7. The molecule has 1 aliphatic heterocycles. The lowest BCUT2D eigenvalue weighted by molar-refractivity contribution is -0.0655. The van der Waals surface area contributed by atoms with E-state index < -0.39 is 0 Å². The molecule has 5 rings (SSSR count). The maximum absolute atomic E-state index is 10.4. The van der Waals surface area contributed by atoms with E-state index in [9.17, 15) is 5.11 Å². The summed E-state index contributed by atoms with van der Waals surface area (Å²) in [6, 6.07) is 0. The monoisotopic (exact) mass is 330 g/mol. The van der Waals surface area contributed by atoms with Gasteiger partial charge in [-0.25, -0.2) is 0 Å². The van der Waals surface area contributed by atoms with Gasteiger partial charge in [0.05, 0.1) is 18.3 Å². The normalized spacial score (nSPS) is 59.2. The summed E-state index contributed by atoms with van der Waals surface area (Å²) in [4.78, 5) is 0. The van der Waals surface area contributed by atoms with Crippen molar-refractivity contribution in [2.45, 2.75) is 83.8 Å². The fourth-order valence-electron chi connectivity index (χ4n) is 8.06. The van der Waals surface area contributed by atoms with E-state index in [0.29, 0.717) is 5.41 Å². The first kappa shape index (κ1) is 15.9. The van der Waals surface area contributed by atoms with Gasteiger partial charge in [-0.15, -0.1) is 0 Å². The Hall–Kier alpha value is -0.340. The standard InChI is InChI=1S/C22H34O2/c1-20-11-10-18-16(17(20)8-9-19(20)22(3)13-24-22)7-5-14-4-6-15(23)12-21(14,18)2/h5,15-19,23H,4,6-13H2,1-3H3/t15?,16-,17-,18-,19-,20-,21-,22?/m0/s1. The maximum Gasteiger partial charge on any atom is 0.0921 e. The van der Waals surface area contributed by atoms with Crippen LogP contribution < -0.4 is 0 Å². The Labute approximate surface area is 147 Å². The Bertz CT molecular complexity index is 577. The molecule has 1 N–H and O–H groups in total. The summed E-state index contributed by atoms with van der Waals surface area (Å²) in [7, 11) is 0. The Kier molecular flexibility index (Phi) is 3.23. The molecular weight excluding hydrogens is 296 g/mol. The molecule has 0 radical (unpaired) electrons. The van der Waals surface area contributed by atoms with Crippen LogP contribution in [0.25, 0.3) is 0 Å². The fourth-order valence-corrected chi connectivity index (χ4v) is 8.06. The van der Waals surface area contributed by atoms with Crippen LogP contribution in [-0.2, 0) is 4.74 Å². The van der Waals surface area contributed by atoms with Crippen LogP contribution >= 0.6 is 0 Å². The van der Waals surface area contributed by atoms with Gasteiger partial charge in [0, 0.05) is 0 Å². The molecule has 2 heteroatoms. The topological polar surface area (TPSA) is 32.8 Å². The minimum absolute atomic E-state index is 0.0747. The molecule has 2 unspecified atom stereocenters. The van der Waals surface area contributed by atoms with Crippen LogP contribution in [0.5, 0.6) is 0 Å². The second-order valence-electron chi connectivity index (χ2n) is 10.4. The van der Waals surface area contributed by atoms with Crippen molar-refractivity contribution in [3.8, 4) is 0 Å². The molecule has 4 fully saturated rings. The molecule has 8 atom stereocenters. The largest absolute Gasteiger partial charge is 0.393 e. The maximum atomic E-state index is 10.4. The Morgan fingerprint density at radius 1 is 1.08 bits per heavy atom. The summed E-state index contributed by atoms with van der Waals surface area (Å²) in [6.45, 7) is 8.42. The van der Waals surface area contributed by atoms with Gasteiger partial charge in [0.2, 0.25) is 0 Å². The molecule has 0 amide bonds. The Morgan fingerprint density at radius 2 is 1.88 bits per heavy atom. The number of hydrogen-bond acceptors (Lipinski definition) is 2. The van der Waals surface area contributed by atoms with Crippen molar-refractivity contribution in [2.24, 2.45) is 34.5 Å². The van der Waals surface area contributed by atoms with Crippen molar-refractivity contribution in [3.63, 3.8) is 0 Å². The molecule has 134 valence electrons. The van der Waals surface area contributed by atoms with Gasteiger partial charge >= 0.3 is 0 Å². The van der Waals surface area contributed by atoms with Gasteiger partial charge in [0.1, 0.15) is 0 Å². The van der Waals surface area contributed by atoms with Crippen molar-refractivity contribution < 1.29 is 9.84 Å². The van der Waals surface area contributed by atoms with Gasteiger partial charge in [-0.3, -0.25) is 0 Å². The third-order valence-electron chi connectivity index (χ3n) is 9.37. The summed E-state index contributed by atoms with van der Waals surface area (Å²) in [5.41, 5.74) is 2.64. The van der Waals surface area contributed by atoms with Crippen molar-refractivity contribution >= 4 is 0 Å². The number of epoxide rings is 1. The van der Waals surface area contributed by atoms with Gasteiger partial charge in [0.25, 0.3) is 0 Å². The molecule has 0 aromatic carbocycles. The van der Waals surface area contributed by atoms with Gasteiger partial charge in [0.15, 0.2) is 0 Å². The van der Waals surface area contributed by atoms with Gasteiger partial charge in [-0.1, -0.05) is 25.5 Å². The first-order valence-corrected chi connectivity index (χ1v) is 10.4. The first-order valence-electron chi connectivity index (χ1n) is 10.4. The number of fused-ring (bicyclic) bond motifs is 5. The molecule has 0 aromatic rings. The highest BCUT2D eigenvalue weighted by molar-refractivity contribution is 5.25. The zero-order chi connectivity index (χ0) is 16.7. The Morgan fingerprint density at radius 3 is 2.62 bits per heavy atom. The minimum atomic E-state index is -0.0747. The van der Waals surface area contributed by atoms with E-state index in [1.54, 1.807) is 5.57 Å². The molecule has 1 saturated heterocycles. The summed E-state index contributed by atoms with van der Waals surface area (Å²) < 4.78 is 5.90. The average molecular weight is 331 g/mol. The molecule has 0 aromatic heterocycles. The van der Waals surface area contributed by atoms with Crippen molar-refractivity contribution in [1.82, 2.24) is 0 Å². The predicted octanol–water partition coefficient (Wildman–Crippen LogP) is 4.72. The van der Waals surface area contributed by atoms with E-state index in [4.69, 9.17) is 4.74 Å². The zero-order valence-corrected chi connectivity index (χ0v) is 15.7. The molecule has 0 spiro atoms. The minimum Gasteiger partial charge on any atom is -0.393 e. The number of rotatable bonds is 1. The summed E-state index contributed by atoms with van der Waals surface area (Å²) >= 11 is 0. The SMILES string of the molecule is CC1([C@H]2CC[C@H]3[C@@H]4CC=C5CCC(O)C[C@]5(C)[C@H]4CC[C@]23C)CO1. The van der Waals surface area contributed by atoms with Gasteiger partial charge in [-0.05, 0) is 92.8 Å². The highest BCUT2D eigenvalue weighted by Crippen LogP contribution is 2.68. The molecule has 5 aliphatic rings. The smallest absolute Gasteiger partial charge is 0.0921 e. The number of allylic oxidation sites excluding steroid dienone is 2. The van der Waals surface area contributed by atoms with Crippen molar-refractivity contribution in [1.29, 1.82) is 0 Å². The Balaban J connectivity index is 1.48. The third-order valence-corrected chi connectivity index (χ3v) is 9.37. The average Bonchev–Trinajstić information content (AvgIpc) is 3.15. The first-order chi connectivity index (χ1) is 11.4. The molecule has 4 aliphatic carbocycles. The van der Waals surface area contributed by atoms with Crippen LogP contribution in [0.15, 0.2) is 11.6 Å². The number of hydrogen-bond donors (Lipinski definition) is 1. The van der Waals surface area contributed by atoms with E-state index in [2.05, 4.69) is 26.8 Å². The van der Waals surface area contributed by atoms with E-state index in [-0.39, 0.29) is 17.1 Å². The van der Waals surface area contributed by atoms with E-state index in [1.807, 2.05) is 0 Å². The van der Waals surface area contributed by atoms with Crippen LogP contribution in [0, 0.1) is 34.5 Å². The lowest BCUT2D eigenvalue weighted by Crippen LogP contribution is -2.51. The van der Waals surface area contributed by atoms with Crippen LogP contribution in [0.4, 0.5) is 0 Å². The van der Waals surface area contributed by atoms with E-state index >= 15 is 0 Å². The molecular formula is C22H34O2. The molecule has 2 nitrogen and oxygen atoms in total. The molecule has 0 bridgehead atoms. The molecule has 24 heavy (non-hydrogen) atoms. The van der Waals surface area contributed by atoms with Crippen LogP contribution in [0.3, 0.4) is 0 Å². The fraction of sp³-hybridized carbons (Fsp3) is 0.909. The second kappa shape index (κ2) is 4.88. The quantitative estimate of drug-likeness (QED) is 0.557. The van der Waals surface area contributed by atoms with Crippen molar-refractivity contribution in [2.75, 3.05) is 6.61 Å². The van der Waals surface area contributed by atoms with Gasteiger partial charge < -0.3 is 9.84 Å². The summed E-state index contributed by atoms with van der Waals surface area (Å²) in [6.07, 6.45) is 12.5. The highest BCUT2D eigenvalue weighted by atomic mass is 16.6. The molecule has 3 saturated carbocycles. The lowest BCUT2D eigenvalue weighted by atomic mass is 9.47. The van der Waals surface area contributed by atoms with Crippen LogP contribution in [-0.4, -0.2) is 23.4 Å². The molecule has 1 heterocycles. The van der Waals surface area contributed by atoms with Crippen molar-refractivity contribution in [3.05, 3.63) is 11.6 Å². The summed E-state index contributed by atoms with van der Waals surface area (Å²) in [5.74, 6) is 3.29. The number of aliphatic hydroxyl groups is 1. The number of ether oxygens (including phenoxy) is 1. The highest BCUT2D eigenvalue weighted by Gasteiger charge is 2.64. The number of aliphatic hydroxyl groups excluding tert-OH is 1. The van der Waals surface area contributed by atoms with Crippen LogP contribution in [0.1, 0.15) is 72.1 Å². The predicted molar refractivity (Wildman–Crippen MR) is 95.6 cm³/mol. The second-order valence-corrected chi connectivity index (χ2v) is 10.4. The summed E-state index contributed by atoms with van der Waals surface area (Å²) in [5, 5.41) is 10.4. The lowest BCUT2D eigenvalue weighted by Gasteiger charge is -2.58.